The highest BCUT2D eigenvalue weighted by Crippen LogP contribution is 2.18. The number of nitrogens with zero attached hydrogens (tertiary/aromatic N) is 2. The van der Waals surface area contributed by atoms with Crippen molar-refractivity contribution in [3.8, 4) is 6.07 Å². The summed E-state index contributed by atoms with van der Waals surface area (Å²) in [6, 6.07) is 2.27. The van der Waals surface area contributed by atoms with E-state index in [4.69, 9.17) is 15.1 Å². The van der Waals surface area contributed by atoms with Crippen LogP contribution in [0.1, 0.15) is 20.3 Å². The van der Waals surface area contributed by atoms with Gasteiger partial charge in [0.15, 0.2) is 0 Å². The monoisotopic (exact) mass is 214 g/mol. The van der Waals surface area contributed by atoms with Crippen LogP contribution in [0.15, 0.2) is 0 Å². The molecular weight excluding hydrogens is 192 g/mol. The molecule has 0 saturated heterocycles. The van der Waals surface area contributed by atoms with Crippen molar-refractivity contribution in [2.45, 2.75) is 20.3 Å². The zero-order valence-corrected chi connectivity index (χ0v) is 9.99. The lowest BCUT2D eigenvalue weighted by atomic mass is 9.91. The lowest BCUT2D eigenvalue weighted by Crippen LogP contribution is -2.33. The lowest BCUT2D eigenvalue weighted by Gasteiger charge is -2.24. The van der Waals surface area contributed by atoms with Crippen LogP contribution in [0.5, 0.6) is 0 Å². The highest BCUT2D eigenvalue weighted by atomic mass is 16.5. The van der Waals surface area contributed by atoms with Crippen LogP contribution in [0.3, 0.4) is 0 Å². The minimum Gasteiger partial charge on any atom is -0.395 e. The van der Waals surface area contributed by atoms with Gasteiger partial charge in [0.1, 0.15) is 0 Å². The average molecular weight is 214 g/mol. The molecule has 0 fully saturated rings. The lowest BCUT2D eigenvalue weighted by molar-refractivity contribution is 0.124. The summed E-state index contributed by atoms with van der Waals surface area (Å²) >= 11 is 0. The fourth-order valence-corrected chi connectivity index (χ4v) is 1.19. The van der Waals surface area contributed by atoms with Crippen molar-refractivity contribution < 1.29 is 9.84 Å². The Balaban J connectivity index is 3.90. The molecule has 0 aromatic rings. The van der Waals surface area contributed by atoms with E-state index in [1.54, 1.807) is 7.11 Å². The summed E-state index contributed by atoms with van der Waals surface area (Å²) in [6.07, 6.45) is 0.813. The van der Waals surface area contributed by atoms with Gasteiger partial charge in [-0.2, -0.15) is 5.26 Å². The van der Waals surface area contributed by atoms with E-state index in [0.29, 0.717) is 13.2 Å². The van der Waals surface area contributed by atoms with E-state index in [1.807, 2.05) is 13.8 Å². The van der Waals surface area contributed by atoms with Crippen LogP contribution < -0.4 is 0 Å². The smallest absolute Gasteiger partial charge is 0.0684 e. The second-order valence-corrected chi connectivity index (χ2v) is 4.30. The maximum Gasteiger partial charge on any atom is 0.0684 e. The molecule has 0 aliphatic heterocycles. The van der Waals surface area contributed by atoms with Crippen LogP contribution in [0.25, 0.3) is 0 Å². The quantitative estimate of drug-likeness (QED) is 0.651. The standard InChI is InChI=1S/C11H22N2O2/c1-11(2,10-12)4-5-13(6-8-14)7-9-15-3/h14H,4-9H2,1-3H3. The molecule has 0 aromatic heterocycles. The Kier molecular flexibility index (Phi) is 7.31. The minimum absolute atomic E-state index is 0.150. The third kappa shape index (κ3) is 7.32. The molecule has 0 radical (unpaired) electrons. The Morgan fingerprint density at radius 3 is 2.47 bits per heavy atom. The van der Waals surface area contributed by atoms with E-state index in [1.165, 1.54) is 0 Å². The topological polar surface area (TPSA) is 56.5 Å². The van der Waals surface area contributed by atoms with Crippen molar-refractivity contribution >= 4 is 0 Å². The van der Waals surface area contributed by atoms with E-state index < -0.39 is 0 Å². The van der Waals surface area contributed by atoms with Gasteiger partial charge in [-0.25, -0.2) is 0 Å². The zero-order chi connectivity index (χ0) is 11.7. The first-order chi connectivity index (χ1) is 7.05. The Hall–Kier alpha value is -0.630. The van der Waals surface area contributed by atoms with Crippen LogP contribution in [0.4, 0.5) is 0 Å². The largest absolute Gasteiger partial charge is 0.395 e. The van der Waals surface area contributed by atoms with Crippen LogP contribution in [0, 0.1) is 16.7 Å². The Morgan fingerprint density at radius 1 is 1.33 bits per heavy atom. The molecule has 15 heavy (non-hydrogen) atoms. The van der Waals surface area contributed by atoms with Gasteiger partial charge in [-0.15, -0.1) is 0 Å². The summed E-state index contributed by atoms with van der Waals surface area (Å²) in [6.45, 7) is 6.94. The SMILES string of the molecule is COCCN(CCO)CCC(C)(C)C#N. The first-order valence-electron chi connectivity index (χ1n) is 5.29. The molecule has 0 aromatic carbocycles. The first-order valence-corrected chi connectivity index (χ1v) is 5.29. The summed E-state index contributed by atoms with van der Waals surface area (Å²) in [5, 5.41) is 17.7. The van der Waals surface area contributed by atoms with E-state index in [0.717, 1.165) is 19.5 Å². The maximum atomic E-state index is 8.88. The molecule has 0 bridgehead atoms. The summed E-state index contributed by atoms with van der Waals surface area (Å²) in [5.74, 6) is 0. The normalized spacial score (nSPS) is 11.7. The van der Waals surface area contributed by atoms with Gasteiger partial charge in [-0.1, -0.05) is 0 Å². The average Bonchev–Trinajstić information content (AvgIpc) is 2.22. The van der Waals surface area contributed by atoms with E-state index >= 15 is 0 Å². The van der Waals surface area contributed by atoms with Crippen molar-refractivity contribution in [2.75, 3.05) is 40.0 Å². The van der Waals surface area contributed by atoms with Gasteiger partial charge in [0, 0.05) is 20.2 Å². The third-order valence-electron chi connectivity index (χ3n) is 2.38. The fraction of sp³-hybridized carbons (Fsp3) is 0.909. The van der Waals surface area contributed by atoms with Crippen molar-refractivity contribution in [3.63, 3.8) is 0 Å². The predicted molar refractivity (Wildman–Crippen MR) is 59.4 cm³/mol. The summed E-state index contributed by atoms with van der Waals surface area (Å²) in [7, 11) is 1.66. The molecule has 1 N–H and O–H groups in total. The van der Waals surface area contributed by atoms with E-state index in [2.05, 4.69) is 11.0 Å². The van der Waals surface area contributed by atoms with Gasteiger partial charge in [0.2, 0.25) is 0 Å². The number of methoxy groups -OCH3 is 1. The Morgan fingerprint density at radius 2 is 2.00 bits per heavy atom. The molecule has 0 unspecified atom stereocenters. The number of nitriles is 1. The number of hydrogen-bond donors (Lipinski definition) is 1. The molecule has 0 saturated carbocycles. The van der Waals surface area contributed by atoms with Crippen molar-refractivity contribution in [2.24, 2.45) is 5.41 Å². The van der Waals surface area contributed by atoms with Crippen LogP contribution in [-0.4, -0.2) is 50.0 Å². The van der Waals surface area contributed by atoms with Gasteiger partial charge < -0.3 is 9.84 Å². The highest BCUT2D eigenvalue weighted by Gasteiger charge is 2.17. The number of aliphatic hydroxyl groups is 1. The zero-order valence-electron chi connectivity index (χ0n) is 9.99. The summed E-state index contributed by atoms with van der Waals surface area (Å²) in [5.41, 5.74) is -0.291. The van der Waals surface area contributed by atoms with Gasteiger partial charge in [0.05, 0.1) is 24.7 Å². The highest BCUT2D eigenvalue weighted by molar-refractivity contribution is 4.92. The predicted octanol–water partition coefficient (Wildman–Crippen LogP) is 0.867. The first kappa shape index (κ1) is 14.4. The van der Waals surface area contributed by atoms with Crippen LogP contribution in [0.2, 0.25) is 0 Å². The van der Waals surface area contributed by atoms with Crippen molar-refractivity contribution in [3.05, 3.63) is 0 Å². The number of ether oxygens (including phenoxy) is 1. The summed E-state index contributed by atoms with van der Waals surface area (Å²) in [4.78, 5) is 2.11. The number of rotatable bonds is 8. The third-order valence-corrected chi connectivity index (χ3v) is 2.38. The van der Waals surface area contributed by atoms with E-state index in [-0.39, 0.29) is 12.0 Å². The van der Waals surface area contributed by atoms with Crippen molar-refractivity contribution in [1.29, 1.82) is 5.26 Å². The molecule has 0 aliphatic carbocycles. The molecule has 0 amide bonds. The molecule has 0 spiro atoms. The molecule has 4 heteroatoms. The van der Waals surface area contributed by atoms with Gasteiger partial charge in [0.25, 0.3) is 0 Å². The Bertz CT molecular complexity index is 199. The molecule has 88 valence electrons. The molecule has 0 rings (SSSR count). The maximum absolute atomic E-state index is 8.88. The van der Waals surface area contributed by atoms with Crippen molar-refractivity contribution in [1.82, 2.24) is 4.90 Å². The second-order valence-electron chi connectivity index (χ2n) is 4.30. The number of aliphatic hydroxyl groups excluding tert-OH is 1. The molecule has 0 heterocycles. The fourth-order valence-electron chi connectivity index (χ4n) is 1.19. The van der Waals surface area contributed by atoms with Crippen LogP contribution in [-0.2, 0) is 4.74 Å². The molecule has 0 atom stereocenters. The van der Waals surface area contributed by atoms with E-state index in [9.17, 15) is 0 Å². The molecule has 0 aliphatic rings. The minimum atomic E-state index is -0.291. The number of hydrogen-bond acceptors (Lipinski definition) is 4. The van der Waals surface area contributed by atoms with Gasteiger partial charge in [-0.3, -0.25) is 4.90 Å². The Labute approximate surface area is 92.4 Å². The van der Waals surface area contributed by atoms with Crippen LogP contribution >= 0.6 is 0 Å². The molecule has 4 nitrogen and oxygen atoms in total. The summed E-state index contributed by atoms with van der Waals surface area (Å²) < 4.78 is 4.99. The van der Waals surface area contributed by atoms with Gasteiger partial charge in [-0.05, 0) is 26.8 Å². The second kappa shape index (κ2) is 7.63. The van der Waals surface area contributed by atoms with Gasteiger partial charge >= 0.3 is 0 Å². The molecular formula is C11H22N2O2.